The predicted octanol–water partition coefficient (Wildman–Crippen LogP) is 26.3. The summed E-state index contributed by atoms with van der Waals surface area (Å²) in [5, 5.41) is 20.7. The summed E-state index contributed by atoms with van der Waals surface area (Å²) in [5.74, 6) is -1.61. The maximum atomic E-state index is 13.1. The van der Waals surface area contributed by atoms with E-state index in [0.29, 0.717) is 19.3 Å². The first-order valence-corrected chi connectivity index (χ1v) is 46.4. The zero-order valence-electron chi connectivity index (χ0n) is 69.6. The minimum Gasteiger partial charge on any atom is -0.463 e. The summed E-state index contributed by atoms with van der Waals surface area (Å²) < 4.78 is 61.4. The molecule has 5 atom stereocenters. The second-order valence-corrected chi connectivity index (χ2v) is 31.5. The van der Waals surface area contributed by atoms with Crippen LogP contribution in [0.25, 0.3) is 0 Å². The molecule has 0 saturated heterocycles. The van der Waals surface area contributed by atoms with E-state index in [2.05, 4.69) is 191 Å². The van der Waals surface area contributed by atoms with Gasteiger partial charge in [-0.1, -0.05) is 332 Å². The van der Waals surface area contributed by atoms with E-state index in [-0.39, 0.29) is 19.3 Å². The number of phosphoric acid groups is 2. The highest BCUT2D eigenvalue weighted by atomic mass is 31.2. The molecule has 0 aromatic heterocycles. The molecule has 0 radical (unpaired) electrons. The lowest BCUT2D eigenvalue weighted by atomic mass is 10.0. The molecule has 0 saturated carbocycles. The van der Waals surface area contributed by atoms with Crippen LogP contribution in [0.15, 0.2) is 170 Å². The Morgan fingerprint density at radius 1 is 0.261 bits per heavy atom. The lowest BCUT2D eigenvalue weighted by molar-refractivity contribution is -0.161. The number of hydrogen-bond acceptors (Lipinski definition) is 14. The molecule has 5 unspecified atom stereocenters. The van der Waals surface area contributed by atoms with Crippen LogP contribution in [-0.4, -0.2) is 95.9 Å². The predicted molar refractivity (Wildman–Crippen MR) is 463 cm³/mol. The Labute approximate surface area is 675 Å². The molecule has 0 aliphatic rings. The van der Waals surface area contributed by atoms with Gasteiger partial charge in [-0.15, -0.1) is 0 Å². The SMILES string of the molecule is CC/C=C\C/C=C\C/C=C\C/C=C\C/C=C\C/C=C\CCCCCCCCC(=O)OCC(COP(=O)(O)OCC(O)COP(=O)(O)OCC(O)COC(=O)CCCCCCCCCCCCC/C=C\C/C=C\C/C=C\C/C=C\CCCCC)OC(=O)CCCCCCCCC/C=C\C/C=C\C/C=C\C/C=C\CCCCC. The van der Waals surface area contributed by atoms with Crippen molar-refractivity contribution in [2.24, 2.45) is 0 Å². The fraction of sp³-hybridized carbons (Fsp3) is 0.667. The molecule has 0 rings (SSSR count). The van der Waals surface area contributed by atoms with Crippen molar-refractivity contribution in [1.82, 2.24) is 0 Å². The molecule has 0 heterocycles. The highest BCUT2D eigenvalue weighted by Crippen LogP contribution is 2.45. The molecule has 0 amide bonds. The van der Waals surface area contributed by atoms with Gasteiger partial charge in [0.2, 0.25) is 0 Å². The molecule has 0 spiro atoms. The molecule has 0 aliphatic heterocycles. The van der Waals surface area contributed by atoms with Gasteiger partial charge in [0.15, 0.2) is 6.10 Å². The number of esters is 3. The maximum Gasteiger partial charge on any atom is 0.472 e. The molecular formula is C93H156O16P2. The van der Waals surface area contributed by atoms with Crippen LogP contribution >= 0.6 is 15.6 Å². The third-order valence-electron chi connectivity index (χ3n) is 17.9. The third-order valence-corrected chi connectivity index (χ3v) is 19.8. The third kappa shape index (κ3) is 85.6. The van der Waals surface area contributed by atoms with Gasteiger partial charge in [-0.25, -0.2) is 9.13 Å². The van der Waals surface area contributed by atoms with E-state index >= 15 is 0 Å². The average Bonchev–Trinajstić information content (AvgIpc) is 0.898. The minimum atomic E-state index is -4.95. The molecule has 111 heavy (non-hydrogen) atoms. The van der Waals surface area contributed by atoms with Crippen molar-refractivity contribution in [3.05, 3.63) is 170 Å². The van der Waals surface area contributed by atoms with E-state index in [9.17, 15) is 43.5 Å². The van der Waals surface area contributed by atoms with Crippen LogP contribution in [0.2, 0.25) is 0 Å². The van der Waals surface area contributed by atoms with Gasteiger partial charge in [-0.05, 0) is 161 Å². The van der Waals surface area contributed by atoms with Crippen molar-refractivity contribution in [3.63, 3.8) is 0 Å². The average molecular weight is 1590 g/mol. The summed E-state index contributed by atoms with van der Waals surface area (Å²) in [7, 11) is -9.82. The molecule has 0 aliphatic carbocycles. The normalized spacial score (nSPS) is 14.7. The molecule has 634 valence electrons. The molecule has 0 bridgehead atoms. The topological polar surface area (TPSA) is 231 Å². The number of phosphoric ester groups is 2. The van der Waals surface area contributed by atoms with Crippen molar-refractivity contribution in [2.75, 3.05) is 39.6 Å². The molecule has 0 fully saturated rings. The first kappa shape index (κ1) is 106. The van der Waals surface area contributed by atoms with Gasteiger partial charge in [0.05, 0.1) is 26.4 Å². The first-order chi connectivity index (χ1) is 54.2. The molecule has 4 N–H and O–H groups in total. The Balaban J connectivity index is 4.71. The number of aliphatic hydroxyl groups excluding tert-OH is 2. The van der Waals surface area contributed by atoms with Gasteiger partial charge in [0.1, 0.15) is 25.4 Å². The Morgan fingerprint density at radius 2 is 0.477 bits per heavy atom. The summed E-state index contributed by atoms with van der Waals surface area (Å²) in [6.45, 7) is 2.50. The number of aliphatic hydroxyl groups is 2. The first-order valence-electron chi connectivity index (χ1n) is 43.4. The van der Waals surface area contributed by atoms with E-state index in [1.807, 2.05) is 0 Å². The Hall–Kier alpha value is -5.09. The summed E-state index contributed by atoms with van der Waals surface area (Å²) in [6.07, 6.45) is 108. The number of hydrogen-bond donors (Lipinski definition) is 4. The van der Waals surface area contributed by atoms with Crippen LogP contribution in [0, 0.1) is 0 Å². The van der Waals surface area contributed by atoms with Crippen molar-refractivity contribution in [2.45, 2.75) is 360 Å². The second kappa shape index (κ2) is 84.3. The van der Waals surface area contributed by atoms with Crippen LogP contribution in [0.3, 0.4) is 0 Å². The summed E-state index contributed by atoms with van der Waals surface area (Å²) >= 11 is 0. The van der Waals surface area contributed by atoms with E-state index in [1.54, 1.807) is 0 Å². The van der Waals surface area contributed by atoms with Gasteiger partial charge in [0, 0.05) is 19.3 Å². The van der Waals surface area contributed by atoms with Crippen molar-refractivity contribution >= 4 is 33.6 Å². The van der Waals surface area contributed by atoms with Gasteiger partial charge in [-0.2, -0.15) is 0 Å². The molecule has 0 aromatic rings. The summed E-state index contributed by atoms with van der Waals surface area (Å²) in [6, 6.07) is 0. The maximum absolute atomic E-state index is 13.1. The zero-order chi connectivity index (χ0) is 80.8. The molecule has 0 aromatic carbocycles. The minimum absolute atomic E-state index is 0.0825. The van der Waals surface area contributed by atoms with Crippen molar-refractivity contribution < 1.29 is 75.8 Å². The number of allylic oxidation sites excluding steroid dienone is 28. The molecular weight excluding hydrogens is 1430 g/mol. The fourth-order valence-electron chi connectivity index (χ4n) is 11.3. The van der Waals surface area contributed by atoms with Crippen LogP contribution in [0.4, 0.5) is 0 Å². The molecule has 16 nitrogen and oxygen atoms in total. The smallest absolute Gasteiger partial charge is 0.463 e. The van der Waals surface area contributed by atoms with Gasteiger partial charge in [-0.3, -0.25) is 32.5 Å². The van der Waals surface area contributed by atoms with E-state index in [4.69, 9.17) is 32.3 Å². The largest absolute Gasteiger partial charge is 0.472 e. The lowest BCUT2D eigenvalue weighted by Gasteiger charge is -2.21. The number of carbonyl (C=O) groups excluding carboxylic acids is 3. The van der Waals surface area contributed by atoms with Crippen LogP contribution < -0.4 is 0 Å². The Bertz CT molecular complexity index is 2700. The number of carbonyl (C=O) groups is 3. The molecule has 18 heteroatoms. The lowest BCUT2D eigenvalue weighted by Crippen LogP contribution is -2.30. The fourth-order valence-corrected chi connectivity index (χ4v) is 12.9. The van der Waals surface area contributed by atoms with Gasteiger partial charge >= 0.3 is 33.6 Å². The number of rotatable bonds is 81. The Morgan fingerprint density at radius 3 is 0.757 bits per heavy atom. The quantitative estimate of drug-likeness (QED) is 0.0146. The summed E-state index contributed by atoms with van der Waals surface area (Å²) in [4.78, 5) is 58.9. The summed E-state index contributed by atoms with van der Waals surface area (Å²) in [5.41, 5.74) is 0. The van der Waals surface area contributed by atoms with Crippen molar-refractivity contribution in [1.29, 1.82) is 0 Å². The monoisotopic (exact) mass is 1590 g/mol. The number of ether oxygens (including phenoxy) is 3. The Kier molecular flexibility index (Phi) is 80.4. The van der Waals surface area contributed by atoms with Crippen molar-refractivity contribution in [3.8, 4) is 0 Å². The van der Waals surface area contributed by atoms with Gasteiger partial charge < -0.3 is 34.2 Å². The highest BCUT2D eigenvalue weighted by Gasteiger charge is 2.29. The standard InChI is InChI=1S/C93H156O16P2/c1-4-7-10-13-16-19-22-25-28-31-34-37-40-42-43-45-48-49-52-55-58-61-64-67-70-73-76-79-91(96)103-82-88(94)83-105-110(99,100)106-84-89(95)85-107-111(101,102)108-87-90(109-93(98)81-78-75-72-69-66-63-60-57-54-51-46-39-36-33-30-27-24-21-18-15-12-9-6-3)86-104-92(97)80-77-74-71-68-65-62-59-56-53-50-47-44-41-38-35-32-29-26-23-20-17-14-11-8-5-2/h8,11,16-21,25-30,34-39,42-44,47,51,53-54,56,88-90,94-95H,4-7,9-10,12-15,22-24,31-33,40-41,45-46,48-50,52,55,57-87H2,1-3H3,(H,99,100)(H,101,102)/b11-8-,19-16-,20-17-,21-18-,28-25-,29-26-,30-27-,37-34-,38-35-,39-36-,43-42-,47-44-,54-51-,56-53-. The second-order valence-electron chi connectivity index (χ2n) is 28.6. The van der Waals surface area contributed by atoms with E-state index in [0.717, 1.165) is 186 Å². The van der Waals surface area contributed by atoms with E-state index < -0.39 is 91.5 Å². The zero-order valence-corrected chi connectivity index (χ0v) is 71.4. The number of unbranched alkanes of at least 4 members (excludes halogenated alkanes) is 30. The highest BCUT2D eigenvalue weighted by molar-refractivity contribution is 7.47. The van der Waals surface area contributed by atoms with Crippen LogP contribution in [-0.2, 0) is 55.8 Å². The van der Waals surface area contributed by atoms with E-state index in [1.165, 1.54) is 96.3 Å². The van der Waals surface area contributed by atoms with Gasteiger partial charge in [0.25, 0.3) is 0 Å². The van der Waals surface area contributed by atoms with Crippen LogP contribution in [0.5, 0.6) is 0 Å². The van der Waals surface area contributed by atoms with Crippen LogP contribution in [0.1, 0.15) is 342 Å².